The van der Waals surface area contributed by atoms with Crippen molar-refractivity contribution in [3.63, 3.8) is 0 Å². The highest BCUT2D eigenvalue weighted by Gasteiger charge is 2.16. The molecule has 3 N–H and O–H groups in total. The van der Waals surface area contributed by atoms with Crippen molar-refractivity contribution in [3.8, 4) is 0 Å². The van der Waals surface area contributed by atoms with E-state index in [9.17, 15) is 0 Å². The van der Waals surface area contributed by atoms with Gasteiger partial charge in [-0.25, -0.2) is 0 Å². The summed E-state index contributed by atoms with van der Waals surface area (Å²) in [5, 5.41) is 3.39. The Balaban J connectivity index is 2.22. The lowest BCUT2D eigenvalue weighted by Crippen LogP contribution is -2.34. The van der Waals surface area contributed by atoms with E-state index in [-0.39, 0.29) is 6.04 Å². The number of ether oxygens (including phenoxy) is 1. The third-order valence-electron chi connectivity index (χ3n) is 2.54. The summed E-state index contributed by atoms with van der Waals surface area (Å²) in [5.74, 6) is 0. The Morgan fingerprint density at radius 3 is 3.00 bits per heavy atom. The third-order valence-corrected chi connectivity index (χ3v) is 2.54. The van der Waals surface area contributed by atoms with Crippen molar-refractivity contribution in [2.45, 2.75) is 13.0 Å². The number of hydrogen-bond donors (Lipinski definition) is 2. The second kappa shape index (κ2) is 3.98. The average Bonchev–Trinajstić information content (AvgIpc) is 2.19. The van der Waals surface area contributed by atoms with Crippen molar-refractivity contribution in [1.29, 1.82) is 0 Å². The maximum Gasteiger partial charge on any atom is 0.0662 e. The summed E-state index contributed by atoms with van der Waals surface area (Å²) in [6.07, 6.45) is 0. The van der Waals surface area contributed by atoms with Gasteiger partial charge in [-0.15, -0.1) is 0 Å². The van der Waals surface area contributed by atoms with E-state index in [2.05, 4.69) is 17.4 Å². The van der Waals surface area contributed by atoms with Gasteiger partial charge >= 0.3 is 0 Å². The first-order valence-electron chi connectivity index (χ1n) is 4.94. The molecule has 0 amide bonds. The van der Waals surface area contributed by atoms with Gasteiger partial charge in [0.1, 0.15) is 0 Å². The summed E-state index contributed by atoms with van der Waals surface area (Å²) in [6.45, 7) is 4.46. The molecule has 1 aliphatic heterocycles. The van der Waals surface area contributed by atoms with Crippen LogP contribution in [-0.4, -0.2) is 19.8 Å². The van der Waals surface area contributed by atoms with Crippen LogP contribution in [0.15, 0.2) is 18.2 Å². The summed E-state index contributed by atoms with van der Waals surface area (Å²) in [7, 11) is 0. The van der Waals surface area contributed by atoms with Gasteiger partial charge in [0, 0.05) is 12.2 Å². The minimum atomic E-state index is 0.254. The Kier molecular flexibility index (Phi) is 2.70. The highest BCUT2D eigenvalue weighted by Crippen LogP contribution is 2.22. The normalized spacial score (nSPS) is 22.2. The Morgan fingerprint density at radius 1 is 1.50 bits per heavy atom. The van der Waals surface area contributed by atoms with E-state index < -0.39 is 0 Å². The molecule has 1 atom stereocenters. The van der Waals surface area contributed by atoms with E-state index in [1.807, 2.05) is 13.0 Å². The topological polar surface area (TPSA) is 47.3 Å². The fraction of sp³-hybridized carbons (Fsp3) is 0.455. The van der Waals surface area contributed by atoms with Crippen molar-refractivity contribution in [2.75, 3.05) is 25.5 Å². The SMILES string of the molecule is Cc1ccc([C@H]2COCCN2)c(N)c1. The van der Waals surface area contributed by atoms with Crippen LogP contribution in [0, 0.1) is 6.92 Å². The van der Waals surface area contributed by atoms with Crippen molar-refractivity contribution in [2.24, 2.45) is 0 Å². The molecule has 0 unspecified atom stereocenters. The molecule has 0 aliphatic carbocycles. The van der Waals surface area contributed by atoms with E-state index in [1.165, 1.54) is 5.56 Å². The highest BCUT2D eigenvalue weighted by molar-refractivity contribution is 5.50. The van der Waals surface area contributed by atoms with Crippen LogP contribution in [0.2, 0.25) is 0 Å². The first-order valence-corrected chi connectivity index (χ1v) is 4.94. The van der Waals surface area contributed by atoms with Gasteiger partial charge in [-0.2, -0.15) is 0 Å². The first-order chi connectivity index (χ1) is 6.77. The predicted octanol–water partition coefficient (Wildman–Crippen LogP) is 1.24. The number of nitrogens with one attached hydrogen (secondary N) is 1. The molecule has 3 nitrogen and oxygen atoms in total. The number of benzene rings is 1. The summed E-state index contributed by atoms with van der Waals surface area (Å²) in [5.41, 5.74) is 9.16. The Labute approximate surface area is 84.3 Å². The second-order valence-electron chi connectivity index (χ2n) is 3.71. The molecule has 76 valence electrons. The van der Waals surface area contributed by atoms with Crippen molar-refractivity contribution in [3.05, 3.63) is 29.3 Å². The van der Waals surface area contributed by atoms with E-state index >= 15 is 0 Å². The van der Waals surface area contributed by atoms with Crippen LogP contribution >= 0.6 is 0 Å². The first kappa shape index (κ1) is 9.49. The molecular formula is C11H16N2O. The molecule has 0 spiro atoms. The molecule has 1 aromatic rings. The van der Waals surface area contributed by atoms with Crippen LogP contribution < -0.4 is 11.1 Å². The molecule has 0 radical (unpaired) electrons. The van der Waals surface area contributed by atoms with Gasteiger partial charge in [0.05, 0.1) is 19.3 Å². The third kappa shape index (κ3) is 1.89. The van der Waals surface area contributed by atoms with Gasteiger partial charge in [-0.3, -0.25) is 0 Å². The number of morpholine rings is 1. The van der Waals surface area contributed by atoms with Gasteiger partial charge in [0.25, 0.3) is 0 Å². The molecule has 2 rings (SSSR count). The number of aryl methyl sites for hydroxylation is 1. The van der Waals surface area contributed by atoms with Gasteiger partial charge in [-0.1, -0.05) is 12.1 Å². The minimum Gasteiger partial charge on any atom is -0.398 e. The van der Waals surface area contributed by atoms with Gasteiger partial charge < -0.3 is 15.8 Å². The lowest BCUT2D eigenvalue weighted by molar-refractivity contribution is 0.0771. The van der Waals surface area contributed by atoms with Crippen molar-refractivity contribution in [1.82, 2.24) is 5.32 Å². The van der Waals surface area contributed by atoms with E-state index in [1.54, 1.807) is 0 Å². The van der Waals surface area contributed by atoms with Crippen molar-refractivity contribution >= 4 is 5.69 Å². The van der Waals surface area contributed by atoms with Crippen LogP contribution in [0.4, 0.5) is 5.69 Å². The zero-order valence-electron chi connectivity index (χ0n) is 8.42. The van der Waals surface area contributed by atoms with E-state index in [0.717, 1.165) is 24.4 Å². The van der Waals surface area contributed by atoms with E-state index in [0.29, 0.717) is 6.61 Å². The molecular weight excluding hydrogens is 176 g/mol. The molecule has 0 bridgehead atoms. The Morgan fingerprint density at radius 2 is 2.36 bits per heavy atom. The number of hydrogen-bond acceptors (Lipinski definition) is 3. The van der Waals surface area contributed by atoms with Gasteiger partial charge in [0.15, 0.2) is 0 Å². The van der Waals surface area contributed by atoms with Crippen molar-refractivity contribution < 1.29 is 4.74 Å². The number of rotatable bonds is 1. The largest absolute Gasteiger partial charge is 0.398 e. The minimum absolute atomic E-state index is 0.254. The zero-order valence-corrected chi connectivity index (χ0v) is 8.42. The average molecular weight is 192 g/mol. The van der Waals surface area contributed by atoms with Crippen LogP contribution in [0.3, 0.4) is 0 Å². The molecule has 1 heterocycles. The smallest absolute Gasteiger partial charge is 0.0662 e. The summed E-state index contributed by atoms with van der Waals surface area (Å²) >= 11 is 0. The molecule has 0 saturated carbocycles. The Hall–Kier alpha value is -1.06. The maximum absolute atomic E-state index is 5.96. The van der Waals surface area contributed by atoms with Crippen LogP contribution in [0.1, 0.15) is 17.2 Å². The monoisotopic (exact) mass is 192 g/mol. The predicted molar refractivity (Wildman–Crippen MR) is 57.2 cm³/mol. The highest BCUT2D eigenvalue weighted by atomic mass is 16.5. The Bertz CT molecular complexity index is 319. The molecule has 0 aromatic heterocycles. The number of nitrogens with two attached hydrogens (primary N) is 1. The van der Waals surface area contributed by atoms with Gasteiger partial charge in [-0.05, 0) is 24.1 Å². The number of nitrogen functional groups attached to an aromatic ring is 1. The lowest BCUT2D eigenvalue weighted by atomic mass is 10.0. The number of anilines is 1. The molecule has 14 heavy (non-hydrogen) atoms. The quantitative estimate of drug-likeness (QED) is 0.658. The summed E-state index contributed by atoms with van der Waals surface area (Å²) < 4.78 is 5.40. The summed E-state index contributed by atoms with van der Waals surface area (Å²) in [6, 6.07) is 6.43. The fourth-order valence-corrected chi connectivity index (χ4v) is 1.78. The van der Waals surface area contributed by atoms with E-state index in [4.69, 9.17) is 10.5 Å². The fourth-order valence-electron chi connectivity index (χ4n) is 1.78. The molecule has 1 aromatic carbocycles. The molecule has 1 aliphatic rings. The zero-order chi connectivity index (χ0) is 9.97. The lowest BCUT2D eigenvalue weighted by Gasteiger charge is -2.25. The summed E-state index contributed by atoms with van der Waals surface area (Å²) in [4.78, 5) is 0. The molecule has 3 heteroatoms. The maximum atomic E-state index is 5.96. The van der Waals surface area contributed by atoms with Crippen LogP contribution in [0.25, 0.3) is 0 Å². The van der Waals surface area contributed by atoms with Crippen LogP contribution in [-0.2, 0) is 4.74 Å². The second-order valence-corrected chi connectivity index (χ2v) is 3.71. The van der Waals surface area contributed by atoms with Gasteiger partial charge in [0.2, 0.25) is 0 Å². The molecule has 1 saturated heterocycles. The standard InChI is InChI=1S/C11H16N2O/c1-8-2-3-9(10(12)6-8)11-7-14-5-4-13-11/h2-3,6,11,13H,4-5,7,12H2,1H3/t11-/m1/s1. The van der Waals surface area contributed by atoms with Crippen LogP contribution in [0.5, 0.6) is 0 Å². The molecule has 1 fully saturated rings.